The normalized spacial score (nSPS) is 11.0. The fourth-order valence-corrected chi connectivity index (χ4v) is 2.17. The van der Waals surface area contributed by atoms with Crippen molar-refractivity contribution in [2.75, 3.05) is 19.0 Å². The summed E-state index contributed by atoms with van der Waals surface area (Å²) in [6.45, 7) is 0. The summed E-state index contributed by atoms with van der Waals surface area (Å²) in [7, 11) is 4.06. The average Bonchev–Trinajstić information content (AvgIpc) is 3.03. The zero-order valence-electron chi connectivity index (χ0n) is 12.7. The maximum Gasteiger partial charge on any atom is 0.160 e. The molecule has 22 heavy (non-hydrogen) atoms. The molecule has 0 atom stereocenters. The molecule has 0 aliphatic heterocycles. The highest BCUT2D eigenvalue weighted by Gasteiger charge is 2.03. The molecule has 1 heterocycles. The Labute approximate surface area is 130 Å². The predicted molar refractivity (Wildman–Crippen MR) is 91.6 cm³/mol. The molecule has 1 aromatic heterocycles. The first-order valence-corrected chi connectivity index (χ1v) is 7.20. The van der Waals surface area contributed by atoms with Gasteiger partial charge in [-0.15, -0.1) is 0 Å². The number of aromatic nitrogens is 1. The van der Waals surface area contributed by atoms with Crippen molar-refractivity contribution in [2.24, 2.45) is 0 Å². The van der Waals surface area contributed by atoms with E-state index >= 15 is 0 Å². The molecule has 3 aromatic rings. The van der Waals surface area contributed by atoms with Crippen molar-refractivity contribution >= 4 is 17.8 Å². The molecule has 0 aliphatic carbocycles. The van der Waals surface area contributed by atoms with Gasteiger partial charge in [0, 0.05) is 31.4 Å². The minimum atomic E-state index is 0.746. The average molecular weight is 290 g/mol. The van der Waals surface area contributed by atoms with Crippen LogP contribution in [0.3, 0.4) is 0 Å². The van der Waals surface area contributed by atoms with Crippen molar-refractivity contribution in [3.8, 4) is 11.3 Å². The molecule has 0 saturated heterocycles. The van der Waals surface area contributed by atoms with Gasteiger partial charge in [-0.2, -0.15) is 0 Å². The van der Waals surface area contributed by atoms with Gasteiger partial charge in [0.05, 0.1) is 0 Å². The van der Waals surface area contributed by atoms with Crippen molar-refractivity contribution in [1.29, 1.82) is 0 Å². The molecule has 0 aliphatic rings. The Hall–Kier alpha value is -2.81. The lowest BCUT2D eigenvalue weighted by molar-refractivity contribution is 0.415. The maximum atomic E-state index is 5.36. The summed E-state index contributed by atoms with van der Waals surface area (Å²) in [5.41, 5.74) is 4.22. The second kappa shape index (κ2) is 6.31. The van der Waals surface area contributed by atoms with E-state index in [1.807, 2.05) is 62.6 Å². The number of anilines is 1. The zero-order chi connectivity index (χ0) is 15.4. The molecule has 0 saturated carbocycles. The number of hydrogen-bond donors (Lipinski definition) is 0. The maximum absolute atomic E-state index is 5.36. The third kappa shape index (κ3) is 3.26. The van der Waals surface area contributed by atoms with E-state index < -0.39 is 0 Å². The van der Waals surface area contributed by atoms with Crippen LogP contribution in [0.25, 0.3) is 23.4 Å². The summed E-state index contributed by atoms with van der Waals surface area (Å²) >= 11 is 0. The van der Waals surface area contributed by atoms with E-state index in [1.54, 1.807) is 0 Å². The number of hydrogen-bond acceptors (Lipinski definition) is 3. The van der Waals surface area contributed by atoms with Gasteiger partial charge in [-0.25, -0.2) is 0 Å². The van der Waals surface area contributed by atoms with Crippen LogP contribution in [0.4, 0.5) is 5.69 Å². The van der Waals surface area contributed by atoms with E-state index in [2.05, 4.69) is 34.3 Å². The summed E-state index contributed by atoms with van der Waals surface area (Å²) in [5, 5.41) is 4.10. The van der Waals surface area contributed by atoms with E-state index in [9.17, 15) is 0 Å². The molecule has 0 amide bonds. The van der Waals surface area contributed by atoms with Crippen molar-refractivity contribution in [2.45, 2.75) is 0 Å². The third-order valence-corrected chi connectivity index (χ3v) is 3.45. The largest absolute Gasteiger partial charge is 0.378 e. The molecule has 2 aromatic carbocycles. The summed E-state index contributed by atoms with van der Waals surface area (Å²) in [6.07, 6.45) is 3.96. The van der Waals surface area contributed by atoms with E-state index in [-0.39, 0.29) is 0 Å². The van der Waals surface area contributed by atoms with Crippen LogP contribution in [0.1, 0.15) is 11.3 Å². The van der Waals surface area contributed by atoms with E-state index in [0.29, 0.717) is 0 Å². The summed E-state index contributed by atoms with van der Waals surface area (Å²) in [4.78, 5) is 2.08. The number of benzene rings is 2. The van der Waals surface area contributed by atoms with Crippen LogP contribution in [0.5, 0.6) is 0 Å². The highest BCUT2D eigenvalue weighted by molar-refractivity contribution is 5.70. The minimum absolute atomic E-state index is 0.746. The molecule has 3 rings (SSSR count). The van der Waals surface area contributed by atoms with Gasteiger partial charge in [-0.05, 0) is 23.8 Å². The van der Waals surface area contributed by atoms with Crippen LogP contribution >= 0.6 is 0 Å². The van der Waals surface area contributed by atoms with Gasteiger partial charge in [0.2, 0.25) is 0 Å². The quantitative estimate of drug-likeness (QED) is 0.704. The lowest BCUT2D eigenvalue weighted by Gasteiger charge is -2.11. The lowest BCUT2D eigenvalue weighted by Crippen LogP contribution is -2.07. The molecule has 0 unspecified atom stereocenters. The fraction of sp³-hybridized carbons (Fsp3) is 0.105. The monoisotopic (exact) mass is 290 g/mol. The van der Waals surface area contributed by atoms with Crippen LogP contribution in [-0.4, -0.2) is 19.3 Å². The first kappa shape index (κ1) is 14.1. The van der Waals surface area contributed by atoms with Gasteiger partial charge in [0.15, 0.2) is 5.76 Å². The van der Waals surface area contributed by atoms with E-state index in [0.717, 1.165) is 22.6 Å². The van der Waals surface area contributed by atoms with Crippen molar-refractivity contribution < 1.29 is 4.52 Å². The van der Waals surface area contributed by atoms with Crippen LogP contribution in [0.2, 0.25) is 0 Å². The Bertz CT molecular complexity index is 756. The molecule has 0 fully saturated rings. The highest BCUT2D eigenvalue weighted by Crippen LogP contribution is 2.20. The smallest absolute Gasteiger partial charge is 0.160 e. The van der Waals surface area contributed by atoms with Gasteiger partial charge >= 0.3 is 0 Å². The van der Waals surface area contributed by atoms with Gasteiger partial charge < -0.3 is 9.42 Å². The van der Waals surface area contributed by atoms with Gasteiger partial charge in [0.1, 0.15) is 5.69 Å². The van der Waals surface area contributed by atoms with Gasteiger partial charge in [-0.3, -0.25) is 0 Å². The van der Waals surface area contributed by atoms with Crippen LogP contribution in [0.15, 0.2) is 65.2 Å². The lowest BCUT2D eigenvalue weighted by atomic mass is 10.1. The Morgan fingerprint density at radius 2 is 1.64 bits per heavy atom. The Kier molecular flexibility index (Phi) is 4.05. The topological polar surface area (TPSA) is 29.3 Å². The molecule has 0 N–H and O–H groups in total. The van der Waals surface area contributed by atoms with Crippen molar-refractivity contribution in [1.82, 2.24) is 5.16 Å². The molecular weight excluding hydrogens is 272 g/mol. The predicted octanol–water partition coefficient (Wildman–Crippen LogP) is 4.58. The molecule has 0 spiro atoms. The van der Waals surface area contributed by atoms with Gasteiger partial charge in [0.25, 0.3) is 0 Å². The summed E-state index contributed by atoms with van der Waals surface area (Å²) < 4.78 is 5.36. The summed E-state index contributed by atoms with van der Waals surface area (Å²) in [5.74, 6) is 0.746. The molecule has 3 heteroatoms. The fourth-order valence-electron chi connectivity index (χ4n) is 2.17. The number of rotatable bonds is 4. The SMILES string of the molecule is CN(C)c1ccc(C=Cc2cc(-c3ccccc3)no2)cc1. The van der Waals surface area contributed by atoms with Crippen LogP contribution < -0.4 is 4.90 Å². The number of nitrogens with zero attached hydrogens (tertiary/aromatic N) is 2. The van der Waals surface area contributed by atoms with Crippen LogP contribution in [-0.2, 0) is 0 Å². The Morgan fingerprint density at radius 3 is 2.32 bits per heavy atom. The van der Waals surface area contributed by atoms with Crippen molar-refractivity contribution in [3.05, 3.63) is 72.0 Å². The molecular formula is C19H18N2O. The Morgan fingerprint density at radius 1 is 0.909 bits per heavy atom. The molecule has 0 bridgehead atoms. The highest BCUT2D eigenvalue weighted by atomic mass is 16.5. The molecule has 3 nitrogen and oxygen atoms in total. The van der Waals surface area contributed by atoms with Gasteiger partial charge in [-0.1, -0.05) is 53.7 Å². The third-order valence-electron chi connectivity index (χ3n) is 3.45. The van der Waals surface area contributed by atoms with E-state index in [4.69, 9.17) is 4.52 Å². The second-order valence-electron chi connectivity index (χ2n) is 5.30. The second-order valence-corrected chi connectivity index (χ2v) is 5.30. The molecule has 110 valence electrons. The Balaban J connectivity index is 1.74. The zero-order valence-corrected chi connectivity index (χ0v) is 12.7. The van der Waals surface area contributed by atoms with Crippen LogP contribution in [0, 0.1) is 0 Å². The van der Waals surface area contributed by atoms with E-state index in [1.165, 1.54) is 5.69 Å². The van der Waals surface area contributed by atoms with Crippen molar-refractivity contribution in [3.63, 3.8) is 0 Å². The summed E-state index contributed by atoms with van der Waals surface area (Å²) in [6, 6.07) is 20.3. The first-order chi connectivity index (χ1) is 10.7. The minimum Gasteiger partial charge on any atom is -0.378 e. The molecule has 0 radical (unpaired) electrons. The standard InChI is InChI=1S/C19H18N2O/c1-21(2)17-11-8-15(9-12-17)10-13-18-14-19(20-22-18)16-6-4-3-5-7-16/h3-14H,1-2H3. The first-order valence-electron chi connectivity index (χ1n) is 7.20.